The van der Waals surface area contributed by atoms with Gasteiger partial charge in [0.05, 0.1) is 0 Å². The molecule has 0 saturated heterocycles. The molecule has 2 rings (SSSR count). The first kappa shape index (κ1) is 12.0. The van der Waals surface area contributed by atoms with Gasteiger partial charge in [-0.3, -0.25) is 5.10 Å². The molecule has 3 nitrogen and oxygen atoms in total. The first-order chi connectivity index (χ1) is 8.11. The van der Waals surface area contributed by atoms with E-state index in [-0.39, 0.29) is 5.52 Å². The Balaban J connectivity index is 2.29. The van der Waals surface area contributed by atoms with Gasteiger partial charge in [0.1, 0.15) is 11.3 Å². The van der Waals surface area contributed by atoms with Crippen molar-refractivity contribution < 1.29 is 8.78 Å². The van der Waals surface area contributed by atoms with Gasteiger partial charge in [-0.2, -0.15) is 5.10 Å². The first-order valence-corrected chi connectivity index (χ1v) is 5.62. The number of hydrogen-bond donors (Lipinski definition) is 1. The first-order valence-electron chi connectivity index (χ1n) is 5.62. The Morgan fingerprint density at radius 2 is 2.12 bits per heavy atom. The van der Waals surface area contributed by atoms with Crippen LogP contribution in [0.5, 0.6) is 0 Å². The van der Waals surface area contributed by atoms with E-state index in [1.165, 1.54) is 6.07 Å². The second kappa shape index (κ2) is 4.79. The topological polar surface area (TPSA) is 31.9 Å². The fourth-order valence-electron chi connectivity index (χ4n) is 1.74. The van der Waals surface area contributed by atoms with Gasteiger partial charge in [-0.15, -0.1) is 0 Å². The van der Waals surface area contributed by atoms with Crippen molar-refractivity contribution >= 4 is 10.9 Å². The second-order valence-corrected chi connectivity index (χ2v) is 4.13. The maximum absolute atomic E-state index is 13.4. The number of fused-ring (bicyclic) bond motifs is 1. The number of likely N-dealkylation sites (N-methyl/N-ethyl adjacent to an activating group) is 1. The van der Waals surface area contributed by atoms with Crippen molar-refractivity contribution in [3.8, 4) is 0 Å². The predicted octanol–water partition coefficient (Wildman–Crippen LogP) is 2.34. The Kier molecular flexibility index (Phi) is 3.38. The predicted molar refractivity (Wildman–Crippen MR) is 62.9 cm³/mol. The van der Waals surface area contributed by atoms with Crippen LogP contribution < -0.4 is 0 Å². The van der Waals surface area contributed by atoms with Crippen LogP contribution in [0.25, 0.3) is 10.9 Å². The largest absolute Gasteiger partial charge is 0.306 e. The number of aromatic nitrogens is 2. The van der Waals surface area contributed by atoms with Crippen molar-refractivity contribution in [1.29, 1.82) is 0 Å². The number of rotatable bonds is 4. The summed E-state index contributed by atoms with van der Waals surface area (Å²) in [6, 6.07) is 2.17. The smallest absolute Gasteiger partial charge is 0.154 e. The monoisotopic (exact) mass is 239 g/mol. The van der Waals surface area contributed by atoms with Gasteiger partial charge in [-0.1, -0.05) is 6.92 Å². The molecule has 0 radical (unpaired) electrons. The van der Waals surface area contributed by atoms with Crippen LogP contribution in [0.1, 0.15) is 12.6 Å². The van der Waals surface area contributed by atoms with Gasteiger partial charge in [0.25, 0.3) is 0 Å². The molecular formula is C12H15F2N3. The van der Waals surface area contributed by atoms with E-state index in [1.54, 1.807) is 0 Å². The lowest BCUT2D eigenvalue weighted by Gasteiger charge is -2.12. The molecule has 0 bridgehead atoms. The maximum atomic E-state index is 13.4. The lowest BCUT2D eigenvalue weighted by molar-refractivity contribution is 0.356. The van der Waals surface area contributed by atoms with E-state index < -0.39 is 11.6 Å². The maximum Gasteiger partial charge on any atom is 0.154 e. The van der Waals surface area contributed by atoms with Gasteiger partial charge in [-0.25, -0.2) is 8.78 Å². The van der Waals surface area contributed by atoms with Crippen molar-refractivity contribution in [2.24, 2.45) is 0 Å². The van der Waals surface area contributed by atoms with Crippen LogP contribution in [-0.2, 0) is 6.42 Å². The lowest BCUT2D eigenvalue weighted by atomic mass is 10.1. The molecule has 0 amide bonds. The van der Waals surface area contributed by atoms with Crippen LogP contribution in [-0.4, -0.2) is 35.2 Å². The summed E-state index contributed by atoms with van der Waals surface area (Å²) in [7, 11) is 2.00. The fraction of sp³-hybridized carbons (Fsp3) is 0.417. The Morgan fingerprint density at radius 1 is 1.35 bits per heavy atom. The van der Waals surface area contributed by atoms with Gasteiger partial charge in [0, 0.05) is 30.1 Å². The van der Waals surface area contributed by atoms with E-state index in [0.29, 0.717) is 11.8 Å². The zero-order valence-electron chi connectivity index (χ0n) is 9.93. The molecule has 0 fully saturated rings. The highest BCUT2D eigenvalue weighted by molar-refractivity contribution is 5.81. The minimum absolute atomic E-state index is 0.209. The van der Waals surface area contributed by atoms with E-state index in [2.05, 4.69) is 22.0 Å². The highest BCUT2D eigenvalue weighted by Crippen LogP contribution is 2.20. The highest BCUT2D eigenvalue weighted by atomic mass is 19.1. The molecule has 0 unspecified atom stereocenters. The molecule has 0 aliphatic carbocycles. The standard InChI is InChI=1S/C12H15F2N3/c1-3-17(2)5-4-11-9-6-8(13)7-10(14)12(9)16-15-11/h6-7H,3-5H2,1-2H3,(H,15,16). The molecule has 0 aliphatic rings. The number of aromatic amines is 1. The van der Waals surface area contributed by atoms with Gasteiger partial charge in [-0.05, 0) is 19.7 Å². The second-order valence-electron chi connectivity index (χ2n) is 4.13. The van der Waals surface area contributed by atoms with E-state index >= 15 is 0 Å². The Morgan fingerprint density at radius 3 is 2.82 bits per heavy atom. The molecule has 0 spiro atoms. The van der Waals surface area contributed by atoms with Crippen LogP contribution in [0.15, 0.2) is 12.1 Å². The minimum Gasteiger partial charge on any atom is -0.306 e. The number of nitrogens with zero attached hydrogens (tertiary/aromatic N) is 2. The molecule has 1 aromatic carbocycles. The van der Waals surface area contributed by atoms with Crippen LogP contribution >= 0.6 is 0 Å². The van der Waals surface area contributed by atoms with Crippen molar-refractivity contribution in [2.45, 2.75) is 13.3 Å². The van der Waals surface area contributed by atoms with Gasteiger partial charge >= 0.3 is 0 Å². The van der Waals surface area contributed by atoms with Crippen molar-refractivity contribution in [3.05, 3.63) is 29.5 Å². The van der Waals surface area contributed by atoms with E-state index in [1.807, 2.05) is 7.05 Å². The molecule has 17 heavy (non-hydrogen) atoms. The summed E-state index contributed by atoms with van der Waals surface area (Å²) >= 11 is 0. The quantitative estimate of drug-likeness (QED) is 0.888. The summed E-state index contributed by atoms with van der Waals surface area (Å²) in [4.78, 5) is 2.13. The third-order valence-corrected chi connectivity index (χ3v) is 2.94. The zero-order chi connectivity index (χ0) is 12.4. The lowest BCUT2D eigenvalue weighted by Crippen LogP contribution is -2.20. The number of nitrogens with one attached hydrogen (secondary N) is 1. The van der Waals surface area contributed by atoms with Gasteiger partial charge in [0.15, 0.2) is 5.82 Å². The van der Waals surface area contributed by atoms with E-state index in [4.69, 9.17) is 0 Å². The third-order valence-electron chi connectivity index (χ3n) is 2.94. The summed E-state index contributed by atoms with van der Waals surface area (Å²) in [5.74, 6) is -1.19. The normalized spacial score (nSPS) is 11.6. The van der Waals surface area contributed by atoms with Crippen LogP contribution in [0.3, 0.4) is 0 Å². The Bertz CT molecular complexity index is 522. The van der Waals surface area contributed by atoms with Crippen molar-refractivity contribution in [1.82, 2.24) is 15.1 Å². The number of benzene rings is 1. The van der Waals surface area contributed by atoms with Crippen LogP contribution in [0.2, 0.25) is 0 Å². The van der Waals surface area contributed by atoms with Crippen LogP contribution in [0.4, 0.5) is 8.78 Å². The molecule has 0 saturated carbocycles. The average molecular weight is 239 g/mol. The fourth-order valence-corrected chi connectivity index (χ4v) is 1.74. The molecule has 2 aromatic rings. The van der Waals surface area contributed by atoms with E-state index in [9.17, 15) is 8.78 Å². The zero-order valence-corrected chi connectivity index (χ0v) is 9.93. The summed E-state index contributed by atoms with van der Waals surface area (Å²) < 4.78 is 26.5. The molecule has 1 heterocycles. The summed E-state index contributed by atoms with van der Waals surface area (Å²) in [6.07, 6.45) is 0.698. The van der Waals surface area contributed by atoms with Crippen molar-refractivity contribution in [3.63, 3.8) is 0 Å². The molecule has 92 valence electrons. The molecule has 1 aromatic heterocycles. The highest BCUT2D eigenvalue weighted by Gasteiger charge is 2.11. The Labute approximate surface area is 98.4 Å². The SMILES string of the molecule is CCN(C)CCc1[nH]nc2c(F)cc(F)cc12. The number of H-pyrrole nitrogens is 1. The Hall–Kier alpha value is -1.49. The number of halogens is 2. The molecule has 5 heteroatoms. The average Bonchev–Trinajstić information content (AvgIpc) is 2.69. The molecular weight excluding hydrogens is 224 g/mol. The summed E-state index contributed by atoms with van der Waals surface area (Å²) in [5.41, 5.74) is 0.985. The summed E-state index contributed by atoms with van der Waals surface area (Å²) in [5, 5.41) is 7.19. The molecule has 0 aliphatic heterocycles. The number of hydrogen-bond acceptors (Lipinski definition) is 2. The summed E-state index contributed by atoms with van der Waals surface area (Å²) in [6.45, 7) is 3.82. The van der Waals surface area contributed by atoms with Crippen molar-refractivity contribution in [2.75, 3.05) is 20.1 Å². The van der Waals surface area contributed by atoms with Crippen LogP contribution in [0, 0.1) is 11.6 Å². The molecule has 0 atom stereocenters. The minimum atomic E-state index is -0.619. The third kappa shape index (κ3) is 2.44. The van der Waals surface area contributed by atoms with Gasteiger partial charge < -0.3 is 4.90 Å². The van der Waals surface area contributed by atoms with E-state index in [0.717, 1.165) is 24.8 Å². The van der Waals surface area contributed by atoms with Gasteiger partial charge in [0.2, 0.25) is 0 Å². The molecule has 1 N–H and O–H groups in total.